The molecule has 0 radical (unpaired) electrons. The molecule has 0 unspecified atom stereocenters. The van der Waals surface area contributed by atoms with Crippen molar-refractivity contribution >= 4 is 16.3 Å². The van der Waals surface area contributed by atoms with E-state index in [0.29, 0.717) is 0 Å². The van der Waals surface area contributed by atoms with Gasteiger partial charge in [0, 0.05) is 11.4 Å². The number of thiophene rings is 1. The quantitative estimate of drug-likeness (QED) is 0.614. The summed E-state index contributed by atoms with van der Waals surface area (Å²) in [7, 11) is 0. The summed E-state index contributed by atoms with van der Waals surface area (Å²) >= 11 is 1.72. The van der Waals surface area contributed by atoms with Crippen LogP contribution in [0.4, 0.5) is 5.00 Å². The summed E-state index contributed by atoms with van der Waals surface area (Å²) < 4.78 is 0. The molecular weight excluding hydrogens is 156 g/mol. The van der Waals surface area contributed by atoms with Crippen molar-refractivity contribution in [3.63, 3.8) is 0 Å². The van der Waals surface area contributed by atoms with Crippen LogP contribution in [-0.4, -0.2) is 6.54 Å². The van der Waals surface area contributed by atoms with Crippen LogP contribution < -0.4 is 11.1 Å². The number of nitrogens with one attached hydrogen (secondary N) is 1. The average molecular weight is 168 g/mol. The molecule has 2 heterocycles. The van der Waals surface area contributed by atoms with Crippen LogP contribution in [0.25, 0.3) is 0 Å². The number of hydrogen-bond donors (Lipinski definition) is 2. The molecule has 0 fully saturated rings. The zero-order valence-corrected chi connectivity index (χ0v) is 7.21. The first-order valence-electron chi connectivity index (χ1n) is 3.94. The van der Waals surface area contributed by atoms with Crippen molar-refractivity contribution in [2.45, 2.75) is 19.4 Å². The number of hydrogen-bond acceptors (Lipinski definition) is 3. The van der Waals surface area contributed by atoms with Gasteiger partial charge in [-0.05, 0) is 31.0 Å². The van der Waals surface area contributed by atoms with Crippen LogP contribution in [-0.2, 0) is 13.0 Å². The van der Waals surface area contributed by atoms with Crippen LogP contribution >= 0.6 is 11.3 Å². The maximum absolute atomic E-state index is 5.70. The predicted octanol–water partition coefficient (Wildman–Crippen LogP) is 1.37. The Morgan fingerprint density at radius 2 is 2.45 bits per heavy atom. The van der Waals surface area contributed by atoms with Crippen LogP contribution in [0.5, 0.6) is 0 Å². The van der Waals surface area contributed by atoms with Gasteiger partial charge < -0.3 is 11.1 Å². The molecule has 3 N–H and O–H groups in total. The second-order valence-electron chi connectivity index (χ2n) is 2.88. The molecule has 1 aliphatic heterocycles. The molecule has 2 rings (SSSR count). The number of fused-ring (bicyclic) bond motifs is 1. The van der Waals surface area contributed by atoms with E-state index < -0.39 is 0 Å². The van der Waals surface area contributed by atoms with Crippen molar-refractivity contribution in [2.24, 2.45) is 0 Å². The van der Waals surface area contributed by atoms with Gasteiger partial charge >= 0.3 is 0 Å². The first kappa shape index (κ1) is 7.13. The standard InChI is InChI=1S/C8H12N2S/c9-8-4-6-2-1-3-10-5-7(6)11-8/h4,10H,1-3,5,9H2. The van der Waals surface area contributed by atoms with Crippen molar-refractivity contribution < 1.29 is 0 Å². The second kappa shape index (κ2) is 2.83. The molecule has 0 saturated carbocycles. The summed E-state index contributed by atoms with van der Waals surface area (Å²) in [5, 5.41) is 4.33. The van der Waals surface area contributed by atoms with Crippen molar-refractivity contribution in [3.05, 3.63) is 16.5 Å². The monoisotopic (exact) mass is 168 g/mol. The highest BCUT2D eigenvalue weighted by molar-refractivity contribution is 7.16. The minimum Gasteiger partial charge on any atom is -0.391 e. The Balaban J connectivity index is 2.32. The van der Waals surface area contributed by atoms with Crippen LogP contribution in [0.15, 0.2) is 6.07 Å². The molecule has 1 aliphatic rings. The number of anilines is 1. The Morgan fingerprint density at radius 1 is 1.55 bits per heavy atom. The van der Waals surface area contributed by atoms with E-state index >= 15 is 0 Å². The number of rotatable bonds is 0. The lowest BCUT2D eigenvalue weighted by atomic mass is 10.1. The van der Waals surface area contributed by atoms with Crippen LogP contribution in [0.3, 0.4) is 0 Å². The molecule has 3 heteroatoms. The Hall–Kier alpha value is -0.540. The van der Waals surface area contributed by atoms with Gasteiger partial charge in [0.1, 0.15) is 0 Å². The van der Waals surface area contributed by atoms with Crippen molar-refractivity contribution in [3.8, 4) is 0 Å². The van der Waals surface area contributed by atoms with Gasteiger partial charge in [-0.3, -0.25) is 0 Å². The minimum absolute atomic E-state index is 0.957. The Labute approximate surface area is 70.4 Å². The highest BCUT2D eigenvalue weighted by atomic mass is 32.1. The first-order valence-corrected chi connectivity index (χ1v) is 4.75. The molecular formula is C8H12N2S. The molecule has 0 amide bonds. The van der Waals surface area contributed by atoms with E-state index in [1.807, 2.05) is 0 Å². The van der Waals surface area contributed by atoms with Gasteiger partial charge in [-0.1, -0.05) is 0 Å². The van der Waals surface area contributed by atoms with Crippen LogP contribution in [0.1, 0.15) is 16.9 Å². The third-order valence-electron chi connectivity index (χ3n) is 2.00. The van der Waals surface area contributed by atoms with E-state index in [1.54, 1.807) is 11.3 Å². The van der Waals surface area contributed by atoms with Gasteiger partial charge in [0.15, 0.2) is 0 Å². The number of nitrogen functional groups attached to an aromatic ring is 1. The Morgan fingerprint density at radius 3 is 3.36 bits per heavy atom. The molecule has 1 aromatic rings. The molecule has 0 aromatic carbocycles. The fraction of sp³-hybridized carbons (Fsp3) is 0.500. The lowest BCUT2D eigenvalue weighted by Gasteiger charge is -1.94. The van der Waals surface area contributed by atoms with Gasteiger partial charge in [0.2, 0.25) is 0 Å². The third kappa shape index (κ3) is 1.39. The maximum Gasteiger partial charge on any atom is 0.0862 e. The molecule has 0 atom stereocenters. The summed E-state index contributed by atoms with van der Waals surface area (Å²) in [6.45, 7) is 2.15. The van der Waals surface area contributed by atoms with E-state index in [9.17, 15) is 0 Å². The number of nitrogens with two attached hydrogens (primary N) is 1. The van der Waals surface area contributed by atoms with Crippen LogP contribution in [0, 0.1) is 0 Å². The smallest absolute Gasteiger partial charge is 0.0862 e. The van der Waals surface area contributed by atoms with Crippen molar-refractivity contribution in [1.82, 2.24) is 5.32 Å². The Kier molecular flexibility index (Phi) is 1.84. The predicted molar refractivity (Wildman–Crippen MR) is 48.8 cm³/mol. The van der Waals surface area contributed by atoms with Crippen molar-refractivity contribution in [1.29, 1.82) is 0 Å². The van der Waals surface area contributed by atoms with Crippen molar-refractivity contribution in [2.75, 3.05) is 12.3 Å². The lowest BCUT2D eigenvalue weighted by molar-refractivity contribution is 0.683. The summed E-state index contributed by atoms with van der Waals surface area (Å²) in [5.74, 6) is 0. The fourth-order valence-electron chi connectivity index (χ4n) is 1.46. The molecule has 2 nitrogen and oxygen atoms in total. The molecule has 0 spiro atoms. The maximum atomic E-state index is 5.70. The van der Waals surface area contributed by atoms with E-state index in [-0.39, 0.29) is 0 Å². The zero-order valence-electron chi connectivity index (χ0n) is 6.39. The molecule has 0 saturated heterocycles. The normalized spacial score (nSPS) is 17.5. The van der Waals surface area contributed by atoms with E-state index in [0.717, 1.165) is 18.1 Å². The molecule has 0 aliphatic carbocycles. The zero-order chi connectivity index (χ0) is 7.68. The summed E-state index contributed by atoms with van der Waals surface area (Å²) in [5.41, 5.74) is 7.16. The molecule has 60 valence electrons. The summed E-state index contributed by atoms with van der Waals surface area (Å²) in [6, 6.07) is 2.12. The Bertz CT molecular complexity index is 231. The minimum atomic E-state index is 0.957. The van der Waals surface area contributed by atoms with E-state index in [2.05, 4.69) is 11.4 Å². The van der Waals surface area contributed by atoms with E-state index in [1.165, 1.54) is 23.3 Å². The van der Waals surface area contributed by atoms with Gasteiger partial charge in [0.05, 0.1) is 5.00 Å². The van der Waals surface area contributed by atoms with Gasteiger partial charge in [0.25, 0.3) is 0 Å². The van der Waals surface area contributed by atoms with Gasteiger partial charge in [-0.15, -0.1) is 11.3 Å². The SMILES string of the molecule is Nc1cc2c(s1)CNCCC2. The van der Waals surface area contributed by atoms with E-state index in [4.69, 9.17) is 5.73 Å². The van der Waals surface area contributed by atoms with Gasteiger partial charge in [-0.25, -0.2) is 0 Å². The molecule has 0 bridgehead atoms. The van der Waals surface area contributed by atoms with Crippen LogP contribution in [0.2, 0.25) is 0 Å². The second-order valence-corrected chi connectivity index (χ2v) is 4.05. The topological polar surface area (TPSA) is 38.0 Å². The largest absolute Gasteiger partial charge is 0.391 e. The summed E-state index contributed by atoms with van der Waals surface area (Å²) in [4.78, 5) is 1.43. The molecule has 1 aromatic heterocycles. The first-order chi connectivity index (χ1) is 5.36. The third-order valence-corrected chi connectivity index (χ3v) is 3.01. The summed E-state index contributed by atoms with van der Waals surface area (Å²) in [6.07, 6.45) is 2.43. The highest BCUT2D eigenvalue weighted by Crippen LogP contribution is 2.26. The molecule has 11 heavy (non-hydrogen) atoms. The lowest BCUT2D eigenvalue weighted by Crippen LogP contribution is -2.11. The van der Waals surface area contributed by atoms with Gasteiger partial charge in [-0.2, -0.15) is 0 Å². The highest BCUT2D eigenvalue weighted by Gasteiger charge is 2.09. The number of aryl methyl sites for hydroxylation is 1. The average Bonchev–Trinajstić information content (AvgIpc) is 2.17. The fourth-order valence-corrected chi connectivity index (χ4v) is 2.41.